The predicted molar refractivity (Wildman–Crippen MR) is 154 cm³/mol. The number of hydrogen-bond acceptors (Lipinski definition) is 6. The minimum atomic E-state index is 0.633. The number of carbonyl (C=O) groups excluding carboxylic acids is 1. The number of likely N-dealkylation sites (N-methyl/N-ethyl adjacent to an activating group) is 1. The van der Waals surface area contributed by atoms with E-state index in [1.165, 1.54) is 64.7 Å². The van der Waals surface area contributed by atoms with E-state index in [1.54, 1.807) is 6.07 Å². The Morgan fingerprint density at radius 1 is 1.00 bits per heavy atom. The summed E-state index contributed by atoms with van der Waals surface area (Å²) < 4.78 is 0. The lowest BCUT2D eigenvalue weighted by Gasteiger charge is -2.39. The first-order chi connectivity index (χ1) is 18.1. The lowest BCUT2D eigenvalue weighted by molar-refractivity contribution is -0.105. The molecule has 0 bridgehead atoms. The molecule has 0 spiro atoms. The van der Waals surface area contributed by atoms with Crippen LogP contribution in [0.5, 0.6) is 0 Å². The highest BCUT2D eigenvalue weighted by molar-refractivity contribution is 5.94. The van der Waals surface area contributed by atoms with Crippen molar-refractivity contribution in [3.8, 4) is 12.3 Å². The van der Waals surface area contributed by atoms with Crippen LogP contribution in [-0.4, -0.2) is 64.9 Å². The quantitative estimate of drug-likeness (QED) is 0.282. The second-order valence-corrected chi connectivity index (χ2v) is 9.27. The molecule has 37 heavy (non-hydrogen) atoms. The maximum Gasteiger partial charge on any atom is 0.211 e. The highest BCUT2D eigenvalue weighted by atomic mass is 16.1. The minimum absolute atomic E-state index is 0.633. The summed E-state index contributed by atoms with van der Waals surface area (Å²) in [5, 5.41) is 6.65. The van der Waals surface area contributed by atoms with E-state index in [4.69, 9.17) is 6.42 Å². The van der Waals surface area contributed by atoms with E-state index in [1.807, 2.05) is 36.4 Å². The maximum absolute atomic E-state index is 10.6. The van der Waals surface area contributed by atoms with Crippen LogP contribution in [0.4, 0.5) is 17.2 Å². The van der Waals surface area contributed by atoms with Gasteiger partial charge in [-0.1, -0.05) is 45.6 Å². The molecule has 1 saturated heterocycles. The lowest BCUT2D eigenvalue weighted by atomic mass is 10.0. The van der Waals surface area contributed by atoms with E-state index in [2.05, 4.69) is 57.1 Å². The number of anilines is 3. The number of amides is 1. The Labute approximate surface area is 221 Å². The molecule has 3 aromatic rings. The number of piperazine rings is 1. The van der Waals surface area contributed by atoms with Gasteiger partial charge >= 0.3 is 0 Å². The zero-order valence-corrected chi connectivity index (χ0v) is 22.4. The average Bonchev–Trinajstić information content (AvgIpc) is 2.94. The lowest BCUT2D eigenvalue weighted by Crippen LogP contribution is -2.50. The largest absolute Gasteiger partial charge is 0.340 e. The Bertz CT molecular complexity index is 1160. The molecule has 2 aromatic carbocycles. The molecule has 196 valence electrons. The summed E-state index contributed by atoms with van der Waals surface area (Å²) in [5.74, 6) is 3.24. The van der Waals surface area contributed by atoms with Crippen LogP contribution in [0.3, 0.4) is 0 Å². The number of benzene rings is 2. The van der Waals surface area contributed by atoms with Gasteiger partial charge in [0.15, 0.2) is 0 Å². The van der Waals surface area contributed by atoms with E-state index in [-0.39, 0.29) is 0 Å². The molecule has 1 aromatic heterocycles. The number of aromatic nitrogens is 2. The van der Waals surface area contributed by atoms with E-state index in [0.717, 1.165) is 28.2 Å². The molecular formula is C30H40N6O. The van der Waals surface area contributed by atoms with Crippen molar-refractivity contribution in [2.45, 2.75) is 52.5 Å². The molecule has 0 saturated carbocycles. The van der Waals surface area contributed by atoms with E-state index in [9.17, 15) is 4.79 Å². The summed E-state index contributed by atoms with van der Waals surface area (Å²) >= 11 is 0. The van der Waals surface area contributed by atoms with Crippen molar-refractivity contribution in [1.82, 2.24) is 19.8 Å². The molecule has 0 atom stereocenters. The first-order valence-corrected chi connectivity index (χ1v) is 13.4. The molecule has 7 heteroatoms. The van der Waals surface area contributed by atoms with Gasteiger partial charge in [-0.3, -0.25) is 9.69 Å². The summed E-state index contributed by atoms with van der Waals surface area (Å²) in [6.45, 7) is 13.2. The van der Waals surface area contributed by atoms with Crippen LogP contribution in [0, 0.1) is 12.3 Å². The zero-order valence-electron chi connectivity index (χ0n) is 22.4. The molecule has 7 nitrogen and oxygen atoms in total. The maximum atomic E-state index is 10.6. The second-order valence-electron chi connectivity index (χ2n) is 9.27. The van der Waals surface area contributed by atoms with Gasteiger partial charge in [0.1, 0.15) is 12.1 Å². The molecule has 0 radical (unpaired) electrons. The number of terminal acetylenes is 1. The van der Waals surface area contributed by atoms with Gasteiger partial charge < -0.3 is 15.5 Å². The Morgan fingerprint density at radius 3 is 2.41 bits per heavy atom. The molecule has 1 aliphatic heterocycles. The van der Waals surface area contributed by atoms with Crippen molar-refractivity contribution in [3.05, 3.63) is 54.4 Å². The van der Waals surface area contributed by atoms with Crippen LogP contribution in [0.25, 0.3) is 10.9 Å². The van der Waals surface area contributed by atoms with Gasteiger partial charge in [-0.15, -0.1) is 6.42 Å². The monoisotopic (exact) mass is 500 g/mol. The Morgan fingerprint density at radius 2 is 1.76 bits per heavy atom. The van der Waals surface area contributed by atoms with Gasteiger partial charge in [0.05, 0.1) is 5.52 Å². The summed E-state index contributed by atoms with van der Waals surface area (Å²) in [6.07, 6.45) is 13.0. The molecule has 0 aliphatic carbocycles. The number of rotatable bonds is 10. The molecular weight excluding hydrogens is 460 g/mol. The van der Waals surface area contributed by atoms with Crippen molar-refractivity contribution in [3.63, 3.8) is 0 Å². The van der Waals surface area contributed by atoms with Crippen LogP contribution in [0.15, 0.2) is 48.8 Å². The van der Waals surface area contributed by atoms with Crippen LogP contribution in [0.2, 0.25) is 0 Å². The summed E-state index contributed by atoms with van der Waals surface area (Å²) in [7, 11) is 0. The van der Waals surface area contributed by atoms with Crippen molar-refractivity contribution >= 4 is 34.5 Å². The van der Waals surface area contributed by atoms with Crippen LogP contribution < -0.4 is 10.6 Å². The first-order valence-electron chi connectivity index (χ1n) is 13.4. The molecule has 1 amide bonds. The molecule has 2 N–H and O–H groups in total. The molecule has 2 heterocycles. The third-order valence-corrected chi connectivity index (χ3v) is 6.77. The summed E-state index contributed by atoms with van der Waals surface area (Å²) in [4.78, 5) is 24.4. The Kier molecular flexibility index (Phi) is 11.3. The highest BCUT2D eigenvalue weighted by Gasteiger charge is 2.21. The van der Waals surface area contributed by atoms with Crippen LogP contribution in [0.1, 0.15) is 52.0 Å². The minimum Gasteiger partial charge on any atom is -0.340 e. The Hall–Kier alpha value is -3.47. The smallest absolute Gasteiger partial charge is 0.211 e. The van der Waals surface area contributed by atoms with Crippen molar-refractivity contribution in [2.24, 2.45) is 0 Å². The van der Waals surface area contributed by atoms with E-state index in [0.29, 0.717) is 17.9 Å². The van der Waals surface area contributed by atoms with Gasteiger partial charge in [0.2, 0.25) is 6.41 Å². The Balaban J connectivity index is 0.000000222. The fraction of sp³-hybridized carbons (Fsp3) is 0.433. The number of nitrogens with zero attached hydrogens (tertiary/aromatic N) is 4. The third kappa shape index (κ3) is 8.28. The van der Waals surface area contributed by atoms with E-state index >= 15 is 0 Å². The SMILES string of the molecule is C#Cc1cccc(Nc2ncnc3ccc(NC=O)cc23)c1.CCCC(CCC)N1CCN(CC)CC1. The van der Waals surface area contributed by atoms with Crippen molar-refractivity contribution in [1.29, 1.82) is 0 Å². The number of carbonyl (C=O) groups is 1. The van der Waals surface area contributed by atoms with Gasteiger partial charge in [-0.2, -0.15) is 0 Å². The second kappa shape index (κ2) is 14.9. The topological polar surface area (TPSA) is 73.4 Å². The van der Waals surface area contributed by atoms with Crippen LogP contribution >= 0.6 is 0 Å². The zero-order chi connectivity index (χ0) is 26.5. The molecule has 1 fully saturated rings. The number of nitrogens with one attached hydrogen (secondary N) is 2. The summed E-state index contributed by atoms with van der Waals surface area (Å²) in [6, 6.07) is 13.8. The fourth-order valence-electron chi connectivity index (χ4n) is 4.76. The summed E-state index contributed by atoms with van der Waals surface area (Å²) in [5.41, 5.74) is 3.08. The average molecular weight is 501 g/mol. The van der Waals surface area contributed by atoms with Gasteiger partial charge in [0, 0.05) is 54.5 Å². The van der Waals surface area contributed by atoms with Gasteiger partial charge in [0.25, 0.3) is 0 Å². The number of hydrogen-bond donors (Lipinski definition) is 2. The highest BCUT2D eigenvalue weighted by Crippen LogP contribution is 2.26. The van der Waals surface area contributed by atoms with Gasteiger partial charge in [-0.05, 0) is 55.8 Å². The number of fused-ring (bicyclic) bond motifs is 1. The molecule has 4 rings (SSSR count). The van der Waals surface area contributed by atoms with Gasteiger partial charge in [-0.25, -0.2) is 9.97 Å². The van der Waals surface area contributed by atoms with Crippen LogP contribution in [-0.2, 0) is 4.79 Å². The molecule has 1 aliphatic rings. The first kappa shape index (κ1) is 28.1. The van der Waals surface area contributed by atoms with E-state index < -0.39 is 0 Å². The normalized spacial score (nSPS) is 14.0. The fourth-order valence-corrected chi connectivity index (χ4v) is 4.76. The van der Waals surface area contributed by atoms with Crippen molar-refractivity contribution < 1.29 is 4.79 Å². The third-order valence-electron chi connectivity index (χ3n) is 6.77. The molecule has 0 unspecified atom stereocenters. The standard InChI is InChI=1S/C17H12N4O.C13H28N2/c1-2-12-4-3-5-14(8-12)21-17-15-9-13(20-11-22)6-7-16(15)18-10-19-17;1-4-7-13(8-5-2)15-11-9-14(6-3)10-12-15/h1,3-11H,(H,20,22)(H,18,19,21);13H,4-12H2,1-3H3. The van der Waals surface area contributed by atoms with Crippen molar-refractivity contribution in [2.75, 3.05) is 43.4 Å². The predicted octanol–water partition coefficient (Wildman–Crippen LogP) is 5.52.